The maximum Gasteiger partial charge on any atom is 0.350 e. The molecule has 0 saturated heterocycles. The highest BCUT2D eigenvalue weighted by molar-refractivity contribution is 6.30. The quantitative estimate of drug-likeness (QED) is 0.736. The standard InChI is InChI=1S/C17H24ClNO4/c1-5-13(6-2)19-15(20)11-22-16(21)17(3,4)23-14-9-7-12(18)8-10-14/h7-10,13H,5-6,11H2,1-4H3,(H,19,20). The van der Waals surface area contributed by atoms with Gasteiger partial charge in [-0.05, 0) is 51.0 Å². The third-order valence-corrected chi connectivity index (χ3v) is 3.62. The molecule has 5 nitrogen and oxygen atoms in total. The highest BCUT2D eigenvalue weighted by Gasteiger charge is 2.32. The first-order chi connectivity index (χ1) is 10.8. The first-order valence-electron chi connectivity index (χ1n) is 7.69. The number of halogens is 1. The number of esters is 1. The Kier molecular flexibility index (Phi) is 7.36. The summed E-state index contributed by atoms with van der Waals surface area (Å²) in [6, 6.07) is 6.76. The molecule has 128 valence electrons. The summed E-state index contributed by atoms with van der Waals surface area (Å²) in [6.07, 6.45) is 1.67. The van der Waals surface area contributed by atoms with Gasteiger partial charge in [-0.25, -0.2) is 4.79 Å². The van der Waals surface area contributed by atoms with Crippen molar-refractivity contribution >= 4 is 23.5 Å². The van der Waals surface area contributed by atoms with Crippen LogP contribution in [-0.2, 0) is 14.3 Å². The van der Waals surface area contributed by atoms with Crippen LogP contribution in [0.4, 0.5) is 0 Å². The SMILES string of the molecule is CCC(CC)NC(=O)COC(=O)C(C)(C)Oc1ccc(Cl)cc1. The molecule has 0 aliphatic rings. The lowest BCUT2D eigenvalue weighted by Gasteiger charge is -2.24. The van der Waals surface area contributed by atoms with E-state index >= 15 is 0 Å². The predicted molar refractivity (Wildman–Crippen MR) is 89.6 cm³/mol. The van der Waals surface area contributed by atoms with E-state index in [1.54, 1.807) is 38.1 Å². The van der Waals surface area contributed by atoms with Crippen LogP contribution in [0.15, 0.2) is 24.3 Å². The zero-order chi connectivity index (χ0) is 17.5. The van der Waals surface area contributed by atoms with E-state index in [2.05, 4.69) is 5.32 Å². The van der Waals surface area contributed by atoms with E-state index in [-0.39, 0.29) is 18.6 Å². The number of hydrogen-bond donors (Lipinski definition) is 1. The van der Waals surface area contributed by atoms with Gasteiger partial charge in [0.25, 0.3) is 5.91 Å². The molecule has 23 heavy (non-hydrogen) atoms. The van der Waals surface area contributed by atoms with Crippen molar-refractivity contribution in [3.63, 3.8) is 0 Å². The molecule has 0 fully saturated rings. The summed E-state index contributed by atoms with van der Waals surface area (Å²) in [5, 5.41) is 3.39. The van der Waals surface area contributed by atoms with Crippen LogP contribution < -0.4 is 10.1 Å². The number of hydrogen-bond acceptors (Lipinski definition) is 4. The number of ether oxygens (including phenoxy) is 2. The van der Waals surface area contributed by atoms with E-state index in [4.69, 9.17) is 21.1 Å². The molecule has 0 saturated carbocycles. The van der Waals surface area contributed by atoms with Gasteiger partial charge in [-0.15, -0.1) is 0 Å². The van der Waals surface area contributed by atoms with Gasteiger partial charge in [0.2, 0.25) is 0 Å². The van der Waals surface area contributed by atoms with Crippen molar-refractivity contribution in [1.29, 1.82) is 0 Å². The van der Waals surface area contributed by atoms with E-state index < -0.39 is 11.6 Å². The second kappa shape index (κ2) is 8.77. The van der Waals surface area contributed by atoms with Crippen molar-refractivity contribution < 1.29 is 19.1 Å². The monoisotopic (exact) mass is 341 g/mol. The van der Waals surface area contributed by atoms with Gasteiger partial charge in [-0.3, -0.25) is 4.79 Å². The summed E-state index contributed by atoms with van der Waals surface area (Å²) in [5.41, 5.74) is -1.21. The topological polar surface area (TPSA) is 64.6 Å². The van der Waals surface area contributed by atoms with E-state index in [0.717, 1.165) is 12.8 Å². The fraction of sp³-hybridized carbons (Fsp3) is 0.529. The van der Waals surface area contributed by atoms with Gasteiger partial charge in [-0.2, -0.15) is 0 Å². The Morgan fingerprint density at radius 2 is 1.74 bits per heavy atom. The summed E-state index contributed by atoms with van der Waals surface area (Å²) in [5.74, 6) is -0.417. The Labute approximate surface area is 142 Å². The fourth-order valence-corrected chi connectivity index (χ4v) is 2.03. The molecule has 1 N–H and O–H groups in total. The summed E-state index contributed by atoms with van der Waals surface area (Å²) in [6.45, 7) is 6.83. The van der Waals surface area contributed by atoms with Gasteiger partial charge < -0.3 is 14.8 Å². The van der Waals surface area contributed by atoms with Crippen LogP contribution in [0.5, 0.6) is 5.75 Å². The lowest BCUT2D eigenvalue weighted by molar-refractivity contribution is -0.162. The molecular weight excluding hydrogens is 318 g/mol. The second-order valence-electron chi connectivity index (χ2n) is 5.72. The Balaban J connectivity index is 2.51. The van der Waals surface area contributed by atoms with E-state index in [9.17, 15) is 9.59 Å². The minimum Gasteiger partial charge on any atom is -0.476 e. The summed E-state index contributed by atoms with van der Waals surface area (Å²) in [4.78, 5) is 23.9. The van der Waals surface area contributed by atoms with Crippen molar-refractivity contribution in [3.05, 3.63) is 29.3 Å². The third-order valence-electron chi connectivity index (χ3n) is 3.36. The van der Waals surface area contributed by atoms with Crippen LogP contribution in [-0.4, -0.2) is 30.1 Å². The van der Waals surface area contributed by atoms with Gasteiger partial charge in [0.1, 0.15) is 5.75 Å². The Hall–Kier alpha value is -1.75. The minimum atomic E-state index is -1.21. The Morgan fingerprint density at radius 3 is 2.26 bits per heavy atom. The minimum absolute atomic E-state index is 0.0968. The molecule has 1 rings (SSSR count). The fourth-order valence-electron chi connectivity index (χ4n) is 1.91. The van der Waals surface area contributed by atoms with Gasteiger partial charge in [0.15, 0.2) is 12.2 Å². The van der Waals surface area contributed by atoms with E-state index in [1.807, 2.05) is 13.8 Å². The average Bonchev–Trinajstić information content (AvgIpc) is 2.52. The normalized spacial score (nSPS) is 11.2. The zero-order valence-corrected chi connectivity index (χ0v) is 14.8. The van der Waals surface area contributed by atoms with E-state index in [0.29, 0.717) is 10.8 Å². The number of rotatable bonds is 8. The molecular formula is C17H24ClNO4. The first-order valence-corrected chi connectivity index (χ1v) is 8.07. The van der Waals surface area contributed by atoms with E-state index in [1.165, 1.54) is 0 Å². The van der Waals surface area contributed by atoms with Crippen LogP contribution in [0, 0.1) is 0 Å². The lowest BCUT2D eigenvalue weighted by Crippen LogP contribution is -2.42. The van der Waals surface area contributed by atoms with Crippen molar-refractivity contribution in [2.24, 2.45) is 0 Å². The van der Waals surface area contributed by atoms with Crippen LogP contribution >= 0.6 is 11.6 Å². The summed E-state index contributed by atoms with van der Waals surface area (Å²) in [7, 11) is 0. The number of amides is 1. The van der Waals surface area contributed by atoms with Crippen LogP contribution in [0.25, 0.3) is 0 Å². The van der Waals surface area contributed by atoms with Crippen molar-refractivity contribution in [1.82, 2.24) is 5.32 Å². The number of benzene rings is 1. The molecule has 0 heterocycles. The molecule has 0 aliphatic carbocycles. The Morgan fingerprint density at radius 1 is 1.17 bits per heavy atom. The highest BCUT2D eigenvalue weighted by Crippen LogP contribution is 2.21. The maximum atomic E-state index is 12.1. The molecule has 0 spiro atoms. The highest BCUT2D eigenvalue weighted by atomic mass is 35.5. The lowest BCUT2D eigenvalue weighted by atomic mass is 10.1. The van der Waals surface area contributed by atoms with Crippen molar-refractivity contribution in [2.45, 2.75) is 52.2 Å². The zero-order valence-electron chi connectivity index (χ0n) is 14.0. The van der Waals surface area contributed by atoms with Crippen molar-refractivity contribution in [3.8, 4) is 5.75 Å². The molecule has 0 bridgehead atoms. The molecule has 1 aromatic rings. The summed E-state index contributed by atoms with van der Waals surface area (Å²) >= 11 is 5.80. The molecule has 1 amide bonds. The number of carbonyl (C=O) groups excluding carboxylic acids is 2. The molecule has 0 unspecified atom stereocenters. The Bertz CT molecular complexity index is 524. The van der Waals surface area contributed by atoms with Crippen LogP contribution in [0.2, 0.25) is 5.02 Å². The smallest absolute Gasteiger partial charge is 0.350 e. The van der Waals surface area contributed by atoms with Gasteiger partial charge in [-0.1, -0.05) is 25.4 Å². The molecule has 0 aromatic heterocycles. The van der Waals surface area contributed by atoms with Crippen LogP contribution in [0.1, 0.15) is 40.5 Å². The average molecular weight is 342 g/mol. The maximum absolute atomic E-state index is 12.1. The molecule has 0 aliphatic heterocycles. The first kappa shape index (κ1) is 19.3. The summed E-state index contributed by atoms with van der Waals surface area (Å²) < 4.78 is 10.7. The van der Waals surface area contributed by atoms with Gasteiger partial charge in [0.05, 0.1) is 0 Å². The third kappa shape index (κ3) is 6.48. The van der Waals surface area contributed by atoms with Crippen LogP contribution in [0.3, 0.4) is 0 Å². The molecule has 6 heteroatoms. The van der Waals surface area contributed by atoms with Gasteiger partial charge in [0, 0.05) is 11.1 Å². The second-order valence-corrected chi connectivity index (χ2v) is 6.16. The largest absolute Gasteiger partial charge is 0.476 e. The molecule has 0 atom stereocenters. The predicted octanol–water partition coefficient (Wildman–Crippen LogP) is 3.35. The molecule has 1 aromatic carbocycles. The van der Waals surface area contributed by atoms with Crippen molar-refractivity contribution in [2.75, 3.05) is 6.61 Å². The number of carbonyl (C=O) groups is 2. The molecule has 0 radical (unpaired) electrons. The van der Waals surface area contributed by atoms with Gasteiger partial charge >= 0.3 is 5.97 Å². The number of nitrogens with one attached hydrogen (secondary N) is 1.